The Morgan fingerprint density at radius 3 is 1.79 bits per heavy atom. The van der Waals surface area contributed by atoms with Crippen molar-refractivity contribution in [3.63, 3.8) is 0 Å². The van der Waals surface area contributed by atoms with Gasteiger partial charge in [0.1, 0.15) is 0 Å². The molecule has 1 atom stereocenters. The third kappa shape index (κ3) is 8.03. The van der Waals surface area contributed by atoms with Crippen LogP contribution in [0.5, 0.6) is 0 Å². The molecule has 0 spiro atoms. The first-order chi connectivity index (χ1) is 5.93. The van der Waals surface area contributed by atoms with E-state index in [-0.39, 0.29) is 42.4 Å². The van der Waals surface area contributed by atoms with E-state index in [1.165, 1.54) is 0 Å². The van der Waals surface area contributed by atoms with Gasteiger partial charge in [0.05, 0.1) is 12.3 Å². The van der Waals surface area contributed by atoms with Gasteiger partial charge in [0.25, 0.3) is 0 Å². The first kappa shape index (κ1) is 15.9. The van der Waals surface area contributed by atoms with Crippen molar-refractivity contribution in [2.75, 3.05) is 0 Å². The van der Waals surface area contributed by atoms with Crippen molar-refractivity contribution in [1.82, 2.24) is 0 Å². The van der Waals surface area contributed by atoms with E-state index < -0.39 is 30.2 Å². The second-order valence-electron chi connectivity index (χ2n) is 2.57. The molecule has 0 radical (unpaired) electrons. The molecule has 6 nitrogen and oxygen atoms in total. The van der Waals surface area contributed by atoms with Gasteiger partial charge < -0.3 is 15.3 Å². The van der Waals surface area contributed by atoms with Gasteiger partial charge in [-0.2, -0.15) is 0 Å². The summed E-state index contributed by atoms with van der Waals surface area (Å²) in [4.78, 5) is 30.6. The minimum atomic E-state index is -1.27. The van der Waals surface area contributed by atoms with Gasteiger partial charge in [0.2, 0.25) is 0 Å². The van der Waals surface area contributed by atoms with Gasteiger partial charge in [-0.25, -0.2) is 0 Å². The van der Waals surface area contributed by atoms with Gasteiger partial charge in [0, 0.05) is 6.42 Å². The average Bonchev–Trinajstić information content (AvgIpc) is 1.96. The van der Waals surface area contributed by atoms with Crippen molar-refractivity contribution in [2.24, 2.45) is 5.92 Å². The van der Waals surface area contributed by atoms with Crippen molar-refractivity contribution in [3.05, 3.63) is 0 Å². The summed E-state index contributed by atoms with van der Waals surface area (Å²) < 4.78 is 0. The standard InChI is InChI=1S/C7H10O6.Na.H/c8-5(9)2-1-4(7(12)13)3-6(10)11;;/h4H,1-3H2,(H,8,9)(H,10,11)(H,12,13);;. The van der Waals surface area contributed by atoms with Crippen molar-refractivity contribution >= 4 is 47.5 Å². The molecule has 76 valence electrons. The molecule has 0 bridgehead atoms. The fourth-order valence-electron chi connectivity index (χ4n) is 0.821. The first-order valence-corrected chi connectivity index (χ1v) is 3.60. The van der Waals surface area contributed by atoms with Gasteiger partial charge in [0.15, 0.2) is 0 Å². The summed E-state index contributed by atoms with van der Waals surface area (Å²) in [5.41, 5.74) is 0. The zero-order valence-electron chi connectivity index (χ0n) is 6.77. The van der Waals surface area contributed by atoms with Crippen molar-refractivity contribution in [1.29, 1.82) is 0 Å². The molecule has 0 saturated carbocycles. The fraction of sp³-hybridized carbons (Fsp3) is 0.571. The number of carboxylic acids is 3. The van der Waals surface area contributed by atoms with E-state index in [0.717, 1.165) is 0 Å². The Bertz CT molecular complexity index is 226. The van der Waals surface area contributed by atoms with E-state index in [0.29, 0.717) is 0 Å². The number of carbonyl (C=O) groups is 3. The van der Waals surface area contributed by atoms with Crippen LogP contribution in [0, 0.1) is 5.92 Å². The molecular formula is C7H11NaO6. The first-order valence-electron chi connectivity index (χ1n) is 3.60. The molecule has 0 fully saturated rings. The van der Waals surface area contributed by atoms with Crippen molar-refractivity contribution in [2.45, 2.75) is 19.3 Å². The maximum absolute atomic E-state index is 10.4. The number of hydrogen-bond acceptors (Lipinski definition) is 3. The van der Waals surface area contributed by atoms with Gasteiger partial charge in [-0.15, -0.1) is 0 Å². The molecule has 0 amide bonds. The number of carboxylic acid groups (broad SMARTS) is 3. The molecule has 0 heterocycles. The van der Waals surface area contributed by atoms with Crippen LogP contribution < -0.4 is 0 Å². The predicted molar refractivity (Wildman–Crippen MR) is 47.4 cm³/mol. The molecule has 3 N–H and O–H groups in total. The predicted octanol–water partition coefficient (Wildman–Crippen LogP) is -0.622. The van der Waals surface area contributed by atoms with Crippen LogP contribution in [-0.2, 0) is 14.4 Å². The van der Waals surface area contributed by atoms with Gasteiger partial charge in [-0.05, 0) is 6.42 Å². The van der Waals surface area contributed by atoms with E-state index in [4.69, 9.17) is 15.3 Å². The van der Waals surface area contributed by atoms with Crippen LogP contribution in [0.3, 0.4) is 0 Å². The summed E-state index contributed by atoms with van der Waals surface area (Å²) in [6, 6.07) is 0. The summed E-state index contributed by atoms with van der Waals surface area (Å²) >= 11 is 0. The Morgan fingerprint density at radius 2 is 1.50 bits per heavy atom. The Kier molecular flexibility index (Phi) is 8.82. The molecule has 0 saturated heterocycles. The Balaban J connectivity index is 0. The summed E-state index contributed by atoms with van der Waals surface area (Å²) in [6.07, 6.45) is -1.02. The van der Waals surface area contributed by atoms with Crippen LogP contribution in [0.25, 0.3) is 0 Å². The third-order valence-corrected chi connectivity index (χ3v) is 1.48. The molecule has 0 aromatic carbocycles. The van der Waals surface area contributed by atoms with Crippen LogP contribution in [0.15, 0.2) is 0 Å². The molecule has 1 unspecified atom stereocenters. The Labute approximate surface area is 102 Å². The van der Waals surface area contributed by atoms with Crippen molar-refractivity contribution < 1.29 is 29.7 Å². The Morgan fingerprint density at radius 1 is 1.00 bits per heavy atom. The average molecular weight is 214 g/mol. The van der Waals surface area contributed by atoms with Crippen LogP contribution in [0.2, 0.25) is 0 Å². The minimum absolute atomic E-state index is 0. The molecule has 0 rings (SSSR count). The van der Waals surface area contributed by atoms with E-state index in [1.807, 2.05) is 0 Å². The van der Waals surface area contributed by atoms with E-state index in [9.17, 15) is 14.4 Å². The molecule has 0 aromatic heterocycles. The van der Waals surface area contributed by atoms with Crippen LogP contribution in [-0.4, -0.2) is 62.8 Å². The molecule has 0 aliphatic carbocycles. The molecule has 0 aliphatic heterocycles. The second-order valence-corrected chi connectivity index (χ2v) is 2.57. The summed E-state index contributed by atoms with van der Waals surface area (Å²) in [7, 11) is 0. The van der Waals surface area contributed by atoms with Crippen LogP contribution in [0.4, 0.5) is 0 Å². The Hall–Kier alpha value is -0.590. The number of aliphatic carboxylic acids is 3. The zero-order valence-corrected chi connectivity index (χ0v) is 6.77. The van der Waals surface area contributed by atoms with Gasteiger partial charge in [-0.3, -0.25) is 14.4 Å². The normalized spacial score (nSPS) is 11.1. The van der Waals surface area contributed by atoms with E-state index in [1.54, 1.807) is 0 Å². The zero-order chi connectivity index (χ0) is 10.4. The third-order valence-electron chi connectivity index (χ3n) is 1.48. The van der Waals surface area contributed by atoms with E-state index in [2.05, 4.69) is 0 Å². The number of rotatable bonds is 6. The van der Waals surface area contributed by atoms with Crippen molar-refractivity contribution in [3.8, 4) is 0 Å². The molecular weight excluding hydrogens is 203 g/mol. The quantitative estimate of drug-likeness (QED) is 0.508. The topological polar surface area (TPSA) is 112 Å². The number of hydrogen-bond donors (Lipinski definition) is 3. The van der Waals surface area contributed by atoms with Gasteiger partial charge in [-0.1, -0.05) is 0 Å². The molecule has 14 heavy (non-hydrogen) atoms. The molecule has 0 aromatic rings. The second kappa shape index (κ2) is 7.78. The SMILES string of the molecule is O=C(O)CCC(CC(=O)O)C(=O)O.[NaH]. The van der Waals surface area contributed by atoms with E-state index >= 15 is 0 Å². The van der Waals surface area contributed by atoms with Crippen LogP contribution >= 0.6 is 0 Å². The summed E-state index contributed by atoms with van der Waals surface area (Å²) in [5.74, 6) is -4.76. The molecule has 7 heteroatoms. The van der Waals surface area contributed by atoms with Gasteiger partial charge >= 0.3 is 47.5 Å². The van der Waals surface area contributed by atoms with Crippen LogP contribution in [0.1, 0.15) is 19.3 Å². The summed E-state index contributed by atoms with van der Waals surface area (Å²) in [6.45, 7) is 0. The monoisotopic (exact) mass is 214 g/mol. The maximum atomic E-state index is 10.4. The summed E-state index contributed by atoms with van der Waals surface area (Å²) in [5, 5.41) is 25.0. The fourth-order valence-corrected chi connectivity index (χ4v) is 0.821. The molecule has 0 aliphatic rings.